The Balaban J connectivity index is 1.79. The van der Waals surface area contributed by atoms with E-state index in [0.717, 1.165) is 24.8 Å². The van der Waals surface area contributed by atoms with Gasteiger partial charge in [-0.3, -0.25) is 23.9 Å². The molecule has 0 radical (unpaired) electrons. The number of hydrogen-bond acceptors (Lipinski definition) is 6. The van der Waals surface area contributed by atoms with Crippen LogP contribution in [0.4, 0.5) is 4.39 Å². The molecule has 0 bridgehead atoms. The summed E-state index contributed by atoms with van der Waals surface area (Å²) in [5, 5.41) is 22.8. The fourth-order valence-corrected chi connectivity index (χ4v) is 4.35. The predicted octanol–water partition coefficient (Wildman–Crippen LogP) is 1.96. The van der Waals surface area contributed by atoms with Gasteiger partial charge in [-0.1, -0.05) is 12.1 Å². The van der Waals surface area contributed by atoms with Crippen LogP contribution in [0.1, 0.15) is 47.7 Å². The number of halogens is 1. The highest BCUT2D eigenvalue weighted by atomic mass is 19.1. The van der Waals surface area contributed by atoms with E-state index in [2.05, 4.69) is 10.3 Å². The molecule has 2 aromatic heterocycles. The number of aromatic nitrogens is 2. The van der Waals surface area contributed by atoms with Crippen LogP contribution in [0.2, 0.25) is 0 Å². The Hall–Kier alpha value is -3.79. The molecule has 2 amide bonds. The number of nitrogens with zero attached hydrogens (tertiary/aromatic N) is 3. The molecule has 0 spiro atoms. The zero-order valence-corrected chi connectivity index (χ0v) is 20.0. The first-order chi connectivity index (χ1) is 17.2. The highest BCUT2D eigenvalue weighted by Gasteiger charge is 2.26. The van der Waals surface area contributed by atoms with Crippen LogP contribution in [0, 0.1) is 5.82 Å². The Morgan fingerprint density at radius 2 is 1.83 bits per heavy atom. The van der Waals surface area contributed by atoms with Crippen LogP contribution in [0.15, 0.2) is 41.3 Å². The summed E-state index contributed by atoms with van der Waals surface area (Å²) in [6, 6.07) is 7.62. The standard InChI is InChI=1S/C26H29FN4O5/c1-16(32)13-29-25(35)22-24(34)23-20(12-18(14-28-23)11-17-5-7-19(27)8-6-17)31(26(22)36)15-21(33)30-9-3-2-4-10-30/h5-8,12,14,16,32,34H,2-4,9-11,13,15H2,1H3,(H,29,35). The zero-order chi connectivity index (χ0) is 25.8. The number of pyridine rings is 2. The van der Waals surface area contributed by atoms with Crippen molar-refractivity contribution in [3.8, 4) is 5.75 Å². The van der Waals surface area contributed by atoms with Gasteiger partial charge in [-0.15, -0.1) is 0 Å². The molecule has 1 atom stereocenters. The van der Waals surface area contributed by atoms with Crippen molar-refractivity contribution in [2.75, 3.05) is 19.6 Å². The van der Waals surface area contributed by atoms with Crippen molar-refractivity contribution in [2.45, 2.75) is 45.3 Å². The van der Waals surface area contributed by atoms with Gasteiger partial charge in [-0.2, -0.15) is 0 Å². The average molecular weight is 497 g/mol. The molecular weight excluding hydrogens is 467 g/mol. The minimum Gasteiger partial charge on any atom is -0.505 e. The summed E-state index contributed by atoms with van der Waals surface area (Å²) in [7, 11) is 0. The SMILES string of the molecule is CC(O)CNC(=O)c1c(O)c2ncc(Cc3ccc(F)cc3)cc2n(CC(=O)N2CCCCC2)c1=O. The number of carbonyl (C=O) groups is 2. The number of aliphatic hydroxyl groups is 1. The molecule has 3 aromatic rings. The van der Waals surface area contributed by atoms with Gasteiger partial charge in [0.2, 0.25) is 5.91 Å². The fourth-order valence-electron chi connectivity index (χ4n) is 4.35. The third-order valence-electron chi connectivity index (χ3n) is 6.24. The summed E-state index contributed by atoms with van der Waals surface area (Å²) in [6.07, 6.45) is 3.84. The molecule has 1 unspecified atom stereocenters. The van der Waals surface area contributed by atoms with Gasteiger partial charge in [0.25, 0.3) is 11.5 Å². The maximum atomic E-state index is 13.5. The van der Waals surface area contributed by atoms with Crippen molar-refractivity contribution >= 4 is 22.8 Å². The summed E-state index contributed by atoms with van der Waals surface area (Å²) < 4.78 is 14.5. The molecule has 36 heavy (non-hydrogen) atoms. The third kappa shape index (κ3) is 5.54. The summed E-state index contributed by atoms with van der Waals surface area (Å²) >= 11 is 0. The topological polar surface area (TPSA) is 125 Å². The Labute approximate surface area is 207 Å². The molecule has 3 heterocycles. The Kier molecular flexibility index (Phi) is 7.64. The highest BCUT2D eigenvalue weighted by Crippen LogP contribution is 2.26. The van der Waals surface area contributed by atoms with Crippen LogP contribution in [0.3, 0.4) is 0 Å². The molecule has 10 heteroatoms. The van der Waals surface area contributed by atoms with E-state index in [-0.39, 0.29) is 35.8 Å². The number of amides is 2. The first-order valence-corrected chi connectivity index (χ1v) is 12.0. The first-order valence-electron chi connectivity index (χ1n) is 12.0. The summed E-state index contributed by atoms with van der Waals surface area (Å²) in [5.74, 6) is -2.07. The average Bonchev–Trinajstić information content (AvgIpc) is 2.87. The van der Waals surface area contributed by atoms with E-state index < -0.39 is 28.9 Å². The van der Waals surface area contributed by atoms with Gasteiger partial charge < -0.3 is 20.4 Å². The van der Waals surface area contributed by atoms with Crippen LogP contribution >= 0.6 is 0 Å². The molecule has 4 rings (SSSR count). The van der Waals surface area contributed by atoms with Gasteiger partial charge in [-0.05, 0) is 61.9 Å². The van der Waals surface area contributed by atoms with Crippen LogP contribution in [0.25, 0.3) is 11.0 Å². The minimum absolute atomic E-state index is 0.00565. The van der Waals surface area contributed by atoms with E-state index in [9.17, 15) is 29.0 Å². The van der Waals surface area contributed by atoms with Crippen molar-refractivity contribution in [3.63, 3.8) is 0 Å². The number of aromatic hydroxyl groups is 1. The molecule has 1 fully saturated rings. The summed E-state index contributed by atoms with van der Waals surface area (Å²) in [6.45, 7) is 2.24. The second-order valence-electron chi connectivity index (χ2n) is 9.13. The van der Waals surface area contributed by atoms with Gasteiger partial charge in [-0.25, -0.2) is 4.39 Å². The van der Waals surface area contributed by atoms with E-state index in [1.165, 1.54) is 29.8 Å². The van der Waals surface area contributed by atoms with Crippen LogP contribution < -0.4 is 10.9 Å². The number of fused-ring (bicyclic) bond motifs is 1. The molecule has 1 aliphatic rings. The maximum absolute atomic E-state index is 13.5. The van der Waals surface area contributed by atoms with E-state index in [4.69, 9.17) is 0 Å². The number of nitrogens with one attached hydrogen (secondary N) is 1. The molecular formula is C26H29FN4O5. The second-order valence-corrected chi connectivity index (χ2v) is 9.13. The van der Waals surface area contributed by atoms with Crippen LogP contribution in [-0.4, -0.2) is 62.2 Å². The predicted molar refractivity (Wildman–Crippen MR) is 131 cm³/mol. The summed E-state index contributed by atoms with van der Waals surface area (Å²) in [4.78, 5) is 45.3. The zero-order valence-electron chi connectivity index (χ0n) is 20.0. The van der Waals surface area contributed by atoms with E-state index >= 15 is 0 Å². The van der Waals surface area contributed by atoms with Crippen LogP contribution in [-0.2, 0) is 17.8 Å². The van der Waals surface area contributed by atoms with Gasteiger partial charge in [0.05, 0.1) is 11.6 Å². The van der Waals surface area contributed by atoms with Crippen molar-refractivity contribution in [2.24, 2.45) is 0 Å². The molecule has 1 aliphatic heterocycles. The van der Waals surface area contributed by atoms with Gasteiger partial charge >= 0.3 is 0 Å². The third-order valence-corrected chi connectivity index (χ3v) is 6.24. The van der Waals surface area contributed by atoms with Crippen molar-refractivity contribution in [1.29, 1.82) is 0 Å². The van der Waals surface area contributed by atoms with Crippen molar-refractivity contribution < 1.29 is 24.2 Å². The largest absolute Gasteiger partial charge is 0.505 e. The van der Waals surface area contributed by atoms with E-state index in [1.807, 2.05) is 0 Å². The number of aliphatic hydroxyl groups excluding tert-OH is 1. The molecule has 0 saturated carbocycles. The lowest BCUT2D eigenvalue weighted by Gasteiger charge is -2.27. The lowest BCUT2D eigenvalue weighted by Crippen LogP contribution is -2.41. The molecule has 3 N–H and O–H groups in total. The first kappa shape index (κ1) is 25.3. The van der Waals surface area contributed by atoms with Crippen LogP contribution in [0.5, 0.6) is 5.75 Å². The summed E-state index contributed by atoms with van der Waals surface area (Å²) in [5.41, 5.74) is 0.357. The molecule has 0 aliphatic carbocycles. The normalized spacial score (nSPS) is 14.6. The molecule has 190 valence electrons. The van der Waals surface area contributed by atoms with E-state index in [0.29, 0.717) is 25.1 Å². The second kappa shape index (κ2) is 10.9. The smallest absolute Gasteiger partial charge is 0.268 e. The number of likely N-dealkylation sites (tertiary alicyclic amines) is 1. The monoisotopic (exact) mass is 496 g/mol. The Morgan fingerprint density at radius 3 is 2.50 bits per heavy atom. The quantitative estimate of drug-likeness (QED) is 0.459. The lowest BCUT2D eigenvalue weighted by molar-refractivity contribution is -0.132. The van der Waals surface area contributed by atoms with Crippen molar-refractivity contribution in [1.82, 2.24) is 19.8 Å². The molecule has 1 aromatic carbocycles. The van der Waals surface area contributed by atoms with Gasteiger partial charge in [0, 0.05) is 25.8 Å². The van der Waals surface area contributed by atoms with Crippen molar-refractivity contribution in [3.05, 3.63) is 69.4 Å². The van der Waals surface area contributed by atoms with Gasteiger partial charge in [0.15, 0.2) is 5.75 Å². The van der Waals surface area contributed by atoms with Gasteiger partial charge in [0.1, 0.15) is 23.4 Å². The number of rotatable bonds is 7. The fraction of sp³-hybridized carbons (Fsp3) is 0.385. The Bertz CT molecular complexity index is 1330. The Morgan fingerprint density at radius 1 is 1.14 bits per heavy atom. The number of piperidine rings is 1. The lowest BCUT2D eigenvalue weighted by atomic mass is 10.1. The number of benzene rings is 1. The number of carbonyl (C=O) groups excluding carboxylic acids is 2. The number of hydrogen-bond donors (Lipinski definition) is 3. The minimum atomic E-state index is -0.864. The van der Waals surface area contributed by atoms with E-state index in [1.54, 1.807) is 23.1 Å². The maximum Gasteiger partial charge on any atom is 0.268 e. The molecule has 9 nitrogen and oxygen atoms in total. The molecule has 1 saturated heterocycles. The highest BCUT2D eigenvalue weighted by molar-refractivity contribution is 6.01.